The number of halogens is 2. The molecule has 0 saturated heterocycles. The third-order valence-corrected chi connectivity index (χ3v) is 7.43. The van der Waals surface area contributed by atoms with Crippen molar-refractivity contribution in [1.82, 2.24) is 10.2 Å². The van der Waals surface area contributed by atoms with Gasteiger partial charge in [0.15, 0.2) is 15.6 Å². The van der Waals surface area contributed by atoms with E-state index < -0.39 is 40.2 Å². The second-order valence-electron chi connectivity index (χ2n) is 8.62. The molecule has 1 aliphatic carbocycles. The Labute approximate surface area is 211 Å². The van der Waals surface area contributed by atoms with Crippen molar-refractivity contribution >= 4 is 33.4 Å². The van der Waals surface area contributed by atoms with Crippen LogP contribution >= 0.6 is 0 Å². The number of anilines is 1. The highest BCUT2D eigenvalue weighted by Gasteiger charge is 2.48. The molecule has 12 heteroatoms. The van der Waals surface area contributed by atoms with Gasteiger partial charge in [0, 0.05) is 36.6 Å². The van der Waals surface area contributed by atoms with Crippen molar-refractivity contribution in [3.05, 3.63) is 70.4 Å². The van der Waals surface area contributed by atoms with Crippen LogP contribution in [0.5, 0.6) is 0 Å². The average Bonchev–Trinajstić information content (AvgIpc) is 2.87. The van der Waals surface area contributed by atoms with Crippen LogP contribution in [0, 0.1) is 11.3 Å². The van der Waals surface area contributed by atoms with Gasteiger partial charge in [-0.1, -0.05) is 18.2 Å². The Morgan fingerprint density at radius 3 is 2.51 bits per heavy atom. The van der Waals surface area contributed by atoms with Gasteiger partial charge in [-0.2, -0.15) is 5.26 Å². The number of allylic oxidation sites excluding steroid dienone is 1. The highest BCUT2D eigenvalue weighted by Crippen LogP contribution is 2.45. The predicted octanol–water partition coefficient (Wildman–Crippen LogP) is 4.23. The van der Waals surface area contributed by atoms with E-state index in [9.17, 15) is 36.8 Å². The number of nitrogens with zero attached hydrogens (tertiary/aromatic N) is 3. The van der Waals surface area contributed by atoms with Crippen LogP contribution in [-0.2, 0) is 14.6 Å². The Balaban J connectivity index is 2.06. The number of urea groups is 2. The van der Waals surface area contributed by atoms with Crippen LogP contribution in [0.3, 0.4) is 0 Å². The standard InChI is InChI=1S/C25H22F2N4O5S/c1-29-24(33)31-22(17-10-9-14(13-28)11-20(17)37(2,35)36)21-18(7-4-8-19(21)32)30(25(31)34)16-6-3-5-15(12-16)23(26)27/h3,5-6,9-12,22-23H,4,7-8H2,1-2H3,(H,29,33). The van der Waals surface area contributed by atoms with Crippen molar-refractivity contribution in [2.24, 2.45) is 0 Å². The monoisotopic (exact) mass is 528 g/mol. The first kappa shape index (κ1) is 26.0. The summed E-state index contributed by atoms with van der Waals surface area (Å²) in [5, 5.41) is 11.6. The Morgan fingerprint density at radius 2 is 1.89 bits per heavy atom. The fourth-order valence-corrected chi connectivity index (χ4v) is 5.64. The summed E-state index contributed by atoms with van der Waals surface area (Å²) in [4.78, 5) is 41.8. The predicted molar refractivity (Wildman–Crippen MR) is 128 cm³/mol. The molecule has 0 saturated carbocycles. The second-order valence-corrected chi connectivity index (χ2v) is 10.6. The Bertz CT molecular complexity index is 1500. The Kier molecular flexibility index (Phi) is 6.84. The van der Waals surface area contributed by atoms with Gasteiger partial charge in [-0.15, -0.1) is 0 Å². The summed E-state index contributed by atoms with van der Waals surface area (Å²) in [5.74, 6) is -0.411. The number of nitriles is 1. The van der Waals surface area contributed by atoms with E-state index in [1.165, 1.54) is 37.4 Å². The van der Waals surface area contributed by atoms with Crippen molar-refractivity contribution in [1.29, 1.82) is 5.26 Å². The number of alkyl halides is 2. The topological polar surface area (TPSA) is 128 Å². The van der Waals surface area contributed by atoms with Gasteiger partial charge < -0.3 is 5.32 Å². The average molecular weight is 529 g/mol. The van der Waals surface area contributed by atoms with Crippen molar-refractivity contribution in [2.75, 3.05) is 18.2 Å². The summed E-state index contributed by atoms with van der Waals surface area (Å²) in [6.45, 7) is 0. The lowest BCUT2D eigenvalue weighted by Gasteiger charge is -2.44. The molecule has 1 aliphatic heterocycles. The highest BCUT2D eigenvalue weighted by atomic mass is 32.2. The lowest BCUT2D eigenvalue weighted by Crippen LogP contribution is -2.56. The fraction of sp³-hybridized carbons (Fsp3) is 0.280. The van der Waals surface area contributed by atoms with Crippen LogP contribution in [0.25, 0.3) is 0 Å². The zero-order valence-corrected chi connectivity index (χ0v) is 20.7. The SMILES string of the molecule is CNC(=O)N1C(=O)N(c2cccc(C(F)F)c2)C2=C(C(=O)CCC2)C1c1ccc(C#N)cc1S(C)(=O)=O. The molecule has 1 heterocycles. The number of sulfone groups is 1. The number of amides is 4. The van der Waals surface area contributed by atoms with E-state index in [-0.39, 0.29) is 51.4 Å². The summed E-state index contributed by atoms with van der Waals surface area (Å²) in [7, 11) is -2.72. The molecule has 4 amide bonds. The van der Waals surface area contributed by atoms with Crippen molar-refractivity contribution in [2.45, 2.75) is 36.6 Å². The molecule has 0 spiro atoms. The molecule has 9 nitrogen and oxygen atoms in total. The van der Waals surface area contributed by atoms with Gasteiger partial charge in [0.05, 0.1) is 22.2 Å². The first-order valence-electron chi connectivity index (χ1n) is 11.2. The Hall–Kier alpha value is -4.11. The highest BCUT2D eigenvalue weighted by molar-refractivity contribution is 7.90. The summed E-state index contributed by atoms with van der Waals surface area (Å²) in [6.07, 6.45) is -1.23. The van der Waals surface area contributed by atoms with E-state index in [4.69, 9.17) is 0 Å². The van der Waals surface area contributed by atoms with E-state index >= 15 is 0 Å². The van der Waals surface area contributed by atoms with Gasteiger partial charge in [-0.3, -0.25) is 9.69 Å². The Morgan fingerprint density at radius 1 is 1.16 bits per heavy atom. The number of nitrogens with one attached hydrogen (secondary N) is 1. The first-order chi connectivity index (χ1) is 17.5. The second kappa shape index (κ2) is 9.74. The molecule has 37 heavy (non-hydrogen) atoms. The number of carbonyl (C=O) groups excluding carboxylic acids is 3. The van der Waals surface area contributed by atoms with Gasteiger partial charge in [-0.05, 0) is 42.7 Å². The van der Waals surface area contributed by atoms with Gasteiger partial charge in [0.2, 0.25) is 0 Å². The van der Waals surface area contributed by atoms with Crippen molar-refractivity contribution < 1.29 is 31.6 Å². The minimum atomic E-state index is -3.98. The molecule has 2 aromatic carbocycles. The van der Waals surface area contributed by atoms with Crippen LogP contribution in [0.4, 0.5) is 24.1 Å². The zero-order valence-electron chi connectivity index (χ0n) is 19.9. The lowest BCUT2D eigenvalue weighted by molar-refractivity contribution is -0.116. The number of imide groups is 1. The van der Waals surface area contributed by atoms with Crippen LogP contribution in [0.2, 0.25) is 0 Å². The van der Waals surface area contributed by atoms with Gasteiger partial charge >= 0.3 is 12.1 Å². The maximum absolute atomic E-state index is 13.9. The van der Waals surface area contributed by atoms with Crippen molar-refractivity contribution in [3.63, 3.8) is 0 Å². The smallest absolute Gasteiger partial charge is 0.337 e. The number of hydrogen-bond donors (Lipinski definition) is 1. The van der Waals surface area contributed by atoms with Crippen molar-refractivity contribution in [3.8, 4) is 6.07 Å². The van der Waals surface area contributed by atoms with Crippen LogP contribution < -0.4 is 10.2 Å². The van der Waals surface area contributed by atoms with Crippen LogP contribution in [0.1, 0.15) is 48.4 Å². The molecule has 0 aromatic heterocycles. The normalized spacial score (nSPS) is 18.1. The molecule has 1 unspecified atom stereocenters. The summed E-state index contributed by atoms with van der Waals surface area (Å²) >= 11 is 0. The molecule has 1 N–H and O–H groups in total. The third kappa shape index (κ3) is 4.58. The molecule has 0 fully saturated rings. The van der Waals surface area contributed by atoms with Gasteiger partial charge in [0.25, 0.3) is 6.43 Å². The molecular weight excluding hydrogens is 506 g/mol. The summed E-state index contributed by atoms with van der Waals surface area (Å²) in [6, 6.07) is 7.41. The van der Waals surface area contributed by atoms with E-state index in [1.807, 2.05) is 6.07 Å². The lowest BCUT2D eigenvalue weighted by atomic mass is 9.83. The molecule has 0 radical (unpaired) electrons. The molecule has 0 bridgehead atoms. The first-order valence-corrected chi connectivity index (χ1v) is 13.1. The van der Waals surface area contributed by atoms with E-state index in [0.29, 0.717) is 11.3 Å². The fourth-order valence-electron chi connectivity index (χ4n) is 4.69. The third-order valence-electron chi connectivity index (χ3n) is 6.28. The number of carbonyl (C=O) groups is 3. The van der Waals surface area contributed by atoms with E-state index in [1.54, 1.807) is 0 Å². The van der Waals surface area contributed by atoms with E-state index in [0.717, 1.165) is 23.3 Å². The molecule has 2 aromatic rings. The number of Topliss-reactive ketones (excluding diaryl/α,β-unsaturated/α-hetero) is 1. The molecule has 2 aliphatic rings. The quantitative estimate of drug-likeness (QED) is 0.633. The molecule has 1 atom stereocenters. The van der Waals surface area contributed by atoms with E-state index in [2.05, 4.69) is 5.32 Å². The minimum absolute atomic E-state index is 0.0199. The maximum atomic E-state index is 13.9. The summed E-state index contributed by atoms with van der Waals surface area (Å²) in [5.41, 5.74) is -0.0714. The number of benzene rings is 2. The van der Waals surface area contributed by atoms with Gasteiger partial charge in [0.1, 0.15) is 6.04 Å². The van der Waals surface area contributed by atoms with Crippen LogP contribution in [-0.4, -0.2) is 44.5 Å². The number of hydrogen-bond acceptors (Lipinski definition) is 6. The largest absolute Gasteiger partial charge is 0.341 e. The van der Waals surface area contributed by atoms with Gasteiger partial charge in [-0.25, -0.2) is 31.7 Å². The minimum Gasteiger partial charge on any atom is -0.341 e. The zero-order chi connectivity index (χ0) is 27.1. The number of ketones is 1. The summed E-state index contributed by atoms with van der Waals surface area (Å²) < 4.78 is 52.3. The van der Waals surface area contributed by atoms with Crippen LogP contribution in [0.15, 0.2) is 58.6 Å². The molecule has 192 valence electrons. The maximum Gasteiger partial charge on any atom is 0.337 e. The molecular formula is C25H22F2N4O5S. The molecule has 4 rings (SSSR count). The number of rotatable bonds is 4.